The maximum atomic E-state index is 12.4. The standard InChI is InChI=1S/C14H12N2O3S/c1-16(12-8-6-11(10-15)7-9-12)20(18,19)14-5-3-2-4-13(14)17/h2-9,17H,1H3. The van der Waals surface area contributed by atoms with Crippen molar-refractivity contribution in [1.29, 1.82) is 5.26 Å². The lowest BCUT2D eigenvalue weighted by molar-refractivity contribution is 0.458. The van der Waals surface area contributed by atoms with Gasteiger partial charge in [0.15, 0.2) is 0 Å². The second kappa shape index (κ2) is 5.23. The molecule has 1 N–H and O–H groups in total. The third-order valence-electron chi connectivity index (χ3n) is 2.86. The van der Waals surface area contributed by atoms with Crippen molar-refractivity contribution in [2.75, 3.05) is 11.4 Å². The molecule has 0 radical (unpaired) electrons. The summed E-state index contributed by atoms with van der Waals surface area (Å²) in [5, 5.41) is 18.4. The first kappa shape index (κ1) is 13.9. The average Bonchev–Trinajstić information content (AvgIpc) is 2.47. The molecule has 20 heavy (non-hydrogen) atoms. The molecule has 0 spiro atoms. The van der Waals surface area contributed by atoms with Crippen LogP contribution in [0.1, 0.15) is 5.56 Å². The van der Waals surface area contributed by atoms with Crippen LogP contribution >= 0.6 is 0 Å². The Bertz CT molecular complexity index is 762. The van der Waals surface area contributed by atoms with Gasteiger partial charge >= 0.3 is 0 Å². The topological polar surface area (TPSA) is 81.4 Å². The summed E-state index contributed by atoms with van der Waals surface area (Å²) in [6.45, 7) is 0. The van der Waals surface area contributed by atoms with Gasteiger partial charge in [-0.3, -0.25) is 4.31 Å². The molecule has 0 heterocycles. The van der Waals surface area contributed by atoms with E-state index in [1.54, 1.807) is 12.1 Å². The molecule has 0 aliphatic carbocycles. The summed E-state index contributed by atoms with van der Waals surface area (Å²) < 4.78 is 25.9. The molecule has 0 saturated heterocycles. The van der Waals surface area contributed by atoms with E-state index in [9.17, 15) is 13.5 Å². The molecule has 0 aliphatic heterocycles. The molecule has 0 amide bonds. The predicted octanol–water partition coefficient (Wildman–Crippen LogP) is 2.09. The number of rotatable bonds is 3. The van der Waals surface area contributed by atoms with Crippen LogP contribution in [0, 0.1) is 11.3 Å². The van der Waals surface area contributed by atoms with Crippen molar-refractivity contribution in [3.63, 3.8) is 0 Å². The minimum atomic E-state index is -3.84. The fraction of sp³-hybridized carbons (Fsp3) is 0.0714. The van der Waals surface area contributed by atoms with Crippen molar-refractivity contribution in [2.24, 2.45) is 0 Å². The zero-order chi connectivity index (χ0) is 14.8. The molecule has 6 heteroatoms. The van der Waals surface area contributed by atoms with Crippen LogP contribution in [0.15, 0.2) is 53.4 Å². The van der Waals surface area contributed by atoms with Crippen LogP contribution in [0.25, 0.3) is 0 Å². The predicted molar refractivity (Wildman–Crippen MR) is 74.9 cm³/mol. The molecule has 0 atom stereocenters. The number of anilines is 1. The zero-order valence-electron chi connectivity index (χ0n) is 10.7. The molecule has 102 valence electrons. The van der Waals surface area contributed by atoms with Crippen molar-refractivity contribution < 1.29 is 13.5 Å². The summed E-state index contributed by atoms with van der Waals surface area (Å²) in [6, 6.07) is 13.9. The van der Waals surface area contributed by atoms with Gasteiger partial charge in [-0.15, -0.1) is 0 Å². The molecule has 0 aromatic heterocycles. The van der Waals surface area contributed by atoms with Gasteiger partial charge in [0.1, 0.15) is 10.6 Å². The van der Waals surface area contributed by atoms with E-state index in [4.69, 9.17) is 5.26 Å². The Hall–Kier alpha value is -2.52. The van der Waals surface area contributed by atoms with Gasteiger partial charge < -0.3 is 5.11 Å². The first-order valence-electron chi connectivity index (χ1n) is 5.74. The Morgan fingerprint density at radius 1 is 1.10 bits per heavy atom. The van der Waals surface area contributed by atoms with Crippen molar-refractivity contribution in [3.8, 4) is 11.8 Å². The molecular formula is C14H12N2O3S. The molecule has 2 aromatic carbocycles. The Morgan fingerprint density at radius 2 is 1.70 bits per heavy atom. The first-order valence-corrected chi connectivity index (χ1v) is 7.18. The van der Waals surface area contributed by atoms with Gasteiger partial charge in [-0.2, -0.15) is 5.26 Å². The number of para-hydroxylation sites is 1. The van der Waals surface area contributed by atoms with E-state index >= 15 is 0 Å². The Labute approximate surface area is 117 Å². The summed E-state index contributed by atoms with van der Waals surface area (Å²) in [6.07, 6.45) is 0. The van der Waals surface area contributed by atoms with Crippen LogP contribution in [-0.4, -0.2) is 20.6 Å². The van der Waals surface area contributed by atoms with Crippen LogP contribution in [-0.2, 0) is 10.0 Å². The van der Waals surface area contributed by atoms with Gasteiger partial charge in [-0.25, -0.2) is 8.42 Å². The highest BCUT2D eigenvalue weighted by atomic mass is 32.2. The molecular weight excluding hydrogens is 276 g/mol. The molecule has 0 unspecified atom stereocenters. The molecule has 0 saturated carbocycles. The normalized spacial score (nSPS) is 10.8. The van der Waals surface area contributed by atoms with E-state index in [0.717, 1.165) is 4.31 Å². The summed E-state index contributed by atoms with van der Waals surface area (Å²) in [7, 11) is -2.45. The minimum Gasteiger partial charge on any atom is -0.507 e. The van der Waals surface area contributed by atoms with Gasteiger partial charge in [0.25, 0.3) is 10.0 Å². The quantitative estimate of drug-likeness (QED) is 0.937. The monoisotopic (exact) mass is 288 g/mol. The summed E-state index contributed by atoms with van der Waals surface area (Å²) in [5.41, 5.74) is 0.856. The lowest BCUT2D eigenvalue weighted by Crippen LogP contribution is -2.26. The number of nitrogens with zero attached hydrogens (tertiary/aromatic N) is 2. The van der Waals surface area contributed by atoms with Crippen molar-refractivity contribution in [2.45, 2.75) is 4.90 Å². The summed E-state index contributed by atoms with van der Waals surface area (Å²) in [4.78, 5) is -0.160. The fourth-order valence-electron chi connectivity index (χ4n) is 1.71. The molecule has 5 nitrogen and oxygen atoms in total. The molecule has 2 aromatic rings. The Morgan fingerprint density at radius 3 is 2.25 bits per heavy atom. The number of benzene rings is 2. The van der Waals surface area contributed by atoms with Crippen molar-refractivity contribution in [1.82, 2.24) is 0 Å². The highest BCUT2D eigenvalue weighted by Crippen LogP contribution is 2.27. The third-order valence-corrected chi connectivity index (χ3v) is 4.70. The van der Waals surface area contributed by atoms with Gasteiger partial charge in [0.2, 0.25) is 0 Å². The van der Waals surface area contributed by atoms with E-state index in [0.29, 0.717) is 11.3 Å². The highest BCUT2D eigenvalue weighted by Gasteiger charge is 2.24. The lowest BCUT2D eigenvalue weighted by atomic mass is 10.2. The maximum Gasteiger partial charge on any atom is 0.267 e. The molecule has 2 rings (SSSR count). The van der Waals surface area contributed by atoms with E-state index in [1.807, 2.05) is 6.07 Å². The number of phenols is 1. The van der Waals surface area contributed by atoms with Crippen molar-refractivity contribution >= 4 is 15.7 Å². The van der Waals surface area contributed by atoms with Gasteiger partial charge in [-0.05, 0) is 36.4 Å². The van der Waals surface area contributed by atoms with Crippen LogP contribution in [0.2, 0.25) is 0 Å². The first-order chi connectivity index (χ1) is 9.46. The highest BCUT2D eigenvalue weighted by molar-refractivity contribution is 7.92. The van der Waals surface area contributed by atoms with Crippen molar-refractivity contribution in [3.05, 3.63) is 54.1 Å². The van der Waals surface area contributed by atoms with E-state index < -0.39 is 10.0 Å². The molecule has 0 bridgehead atoms. The minimum absolute atomic E-state index is 0.160. The Balaban J connectivity index is 2.44. The van der Waals surface area contributed by atoms with E-state index in [2.05, 4.69) is 0 Å². The van der Waals surface area contributed by atoms with Gasteiger partial charge in [-0.1, -0.05) is 12.1 Å². The number of nitriles is 1. The van der Waals surface area contributed by atoms with Gasteiger partial charge in [0.05, 0.1) is 17.3 Å². The van der Waals surface area contributed by atoms with Crippen LogP contribution in [0.3, 0.4) is 0 Å². The number of aromatic hydroxyl groups is 1. The Kier molecular flexibility index (Phi) is 3.63. The van der Waals surface area contributed by atoms with E-state index in [1.165, 1.54) is 43.4 Å². The number of phenolic OH excluding ortho intramolecular Hbond substituents is 1. The lowest BCUT2D eigenvalue weighted by Gasteiger charge is -2.20. The van der Waals surface area contributed by atoms with Crippen LogP contribution < -0.4 is 4.31 Å². The van der Waals surface area contributed by atoms with Crippen LogP contribution in [0.4, 0.5) is 5.69 Å². The van der Waals surface area contributed by atoms with E-state index in [-0.39, 0.29) is 10.6 Å². The summed E-state index contributed by atoms with van der Waals surface area (Å²) >= 11 is 0. The summed E-state index contributed by atoms with van der Waals surface area (Å²) in [5.74, 6) is -0.298. The molecule has 0 fully saturated rings. The number of hydrogen-bond acceptors (Lipinski definition) is 4. The second-order valence-electron chi connectivity index (χ2n) is 4.10. The zero-order valence-corrected chi connectivity index (χ0v) is 11.5. The third kappa shape index (κ3) is 2.44. The average molecular weight is 288 g/mol. The maximum absolute atomic E-state index is 12.4. The van der Waals surface area contributed by atoms with Gasteiger partial charge in [0, 0.05) is 7.05 Å². The number of sulfonamides is 1. The molecule has 0 aliphatic rings. The second-order valence-corrected chi connectivity index (χ2v) is 6.04. The number of hydrogen-bond donors (Lipinski definition) is 1. The fourth-order valence-corrected chi connectivity index (χ4v) is 2.98. The smallest absolute Gasteiger partial charge is 0.267 e. The largest absolute Gasteiger partial charge is 0.507 e. The SMILES string of the molecule is CN(c1ccc(C#N)cc1)S(=O)(=O)c1ccccc1O. The van der Waals surface area contributed by atoms with Crippen LogP contribution in [0.5, 0.6) is 5.75 Å².